The minimum Gasteiger partial charge on any atom is -0.460 e. The standard InChI is InChI=1S/C22H25NO4.C4H10O2S/c1-22(2,3)27-20(24)12-13-23-21(25)26-14-19-17-10-6-4-8-15(17)16-9-5-7-11-18(16)19;1-5-4(3-7)6-2/h4-11,19H,12-14H2,1-3H3,(H,23,25);4,7H,3H2,1-2H3. The predicted molar refractivity (Wildman–Crippen MR) is 135 cm³/mol. The highest BCUT2D eigenvalue weighted by Crippen LogP contribution is 2.44. The number of ether oxygens (including phenoxy) is 4. The van der Waals surface area contributed by atoms with Crippen molar-refractivity contribution >= 4 is 24.7 Å². The molecule has 7 nitrogen and oxygen atoms in total. The van der Waals surface area contributed by atoms with E-state index in [0.29, 0.717) is 5.75 Å². The summed E-state index contributed by atoms with van der Waals surface area (Å²) in [5.74, 6) is 0.281. The van der Waals surface area contributed by atoms with Gasteiger partial charge in [0.15, 0.2) is 6.29 Å². The maximum absolute atomic E-state index is 12.0. The van der Waals surface area contributed by atoms with Gasteiger partial charge in [-0.05, 0) is 43.0 Å². The number of benzene rings is 2. The molecule has 3 rings (SSSR count). The molecule has 0 spiro atoms. The molecule has 1 N–H and O–H groups in total. The summed E-state index contributed by atoms with van der Waals surface area (Å²) >= 11 is 3.93. The van der Waals surface area contributed by atoms with Gasteiger partial charge in [-0.3, -0.25) is 4.79 Å². The van der Waals surface area contributed by atoms with Crippen LogP contribution in [0.15, 0.2) is 48.5 Å². The summed E-state index contributed by atoms with van der Waals surface area (Å²) in [4.78, 5) is 23.7. The number of rotatable bonds is 8. The van der Waals surface area contributed by atoms with Crippen molar-refractivity contribution in [2.45, 2.75) is 45.0 Å². The SMILES string of the molecule is CC(C)(C)OC(=O)CCNC(=O)OCC1c2ccccc2-c2ccccc21.COC(CS)OC. The Balaban J connectivity index is 0.000000509. The number of thiol groups is 1. The number of hydrogen-bond acceptors (Lipinski definition) is 7. The topological polar surface area (TPSA) is 83.1 Å². The molecule has 1 aliphatic carbocycles. The van der Waals surface area contributed by atoms with Crippen LogP contribution in [0, 0.1) is 0 Å². The summed E-state index contributed by atoms with van der Waals surface area (Å²) in [6, 6.07) is 16.4. The molecule has 2 aromatic rings. The Hall–Kier alpha value is -2.55. The van der Waals surface area contributed by atoms with Crippen molar-refractivity contribution in [2.24, 2.45) is 0 Å². The van der Waals surface area contributed by atoms with Gasteiger partial charge in [-0.25, -0.2) is 4.79 Å². The van der Waals surface area contributed by atoms with Crippen LogP contribution in [0.4, 0.5) is 4.79 Å². The van der Waals surface area contributed by atoms with Crippen LogP contribution < -0.4 is 5.32 Å². The van der Waals surface area contributed by atoms with Crippen LogP contribution in [-0.4, -0.2) is 57.1 Å². The van der Waals surface area contributed by atoms with Crippen LogP contribution >= 0.6 is 12.6 Å². The molecule has 186 valence electrons. The molecule has 0 unspecified atom stereocenters. The second-order valence-electron chi connectivity index (χ2n) is 8.67. The van der Waals surface area contributed by atoms with E-state index in [0.717, 1.165) is 0 Å². The molecule has 0 radical (unpaired) electrons. The second-order valence-corrected chi connectivity index (χ2v) is 9.04. The Morgan fingerprint density at radius 3 is 1.94 bits per heavy atom. The van der Waals surface area contributed by atoms with E-state index in [4.69, 9.17) is 18.9 Å². The van der Waals surface area contributed by atoms with E-state index in [1.165, 1.54) is 22.3 Å². The molecule has 8 heteroatoms. The fraction of sp³-hybridized carbons (Fsp3) is 0.462. The number of nitrogens with one attached hydrogen (secondary N) is 1. The number of methoxy groups -OCH3 is 2. The lowest BCUT2D eigenvalue weighted by Crippen LogP contribution is -2.30. The molecule has 0 heterocycles. The van der Waals surface area contributed by atoms with Gasteiger partial charge in [-0.1, -0.05) is 48.5 Å². The van der Waals surface area contributed by atoms with Crippen molar-refractivity contribution < 1.29 is 28.5 Å². The van der Waals surface area contributed by atoms with Gasteiger partial charge in [-0.15, -0.1) is 0 Å². The lowest BCUT2D eigenvalue weighted by Gasteiger charge is -2.19. The second kappa shape index (κ2) is 13.4. The van der Waals surface area contributed by atoms with Crippen LogP contribution in [0.2, 0.25) is 0 Å². The quantitative estimate of drug-likeness (QED) is 0.315. The number of hydrogen-bond donors (Lipinski definition) is 2. The summed E-state index contributed by atoms with van der Waals surface area (Å²) in [5, 5.41) is 2.61. The maximum Gasteiger partial charge on any atom is 0.407 e. The normalized spacial score (nSPS) is 12.3. The van der Waals surface area contributed by atoms with Crippen molar-refractivity contribution in [1.82, 2.24) is 5.32 Å². The van der Waals surface area contributed by atoms with Gasteiger partial charge in [0.1, 0.15) is 12.2 Å². The van der Waals surface area contributed by atoms with E-state index in [2.05, 4.69) is 42.2 Å². The molecule has 34 heavy (non-hydrogen) atoms. The summed E-state index contributed by atoms with van der Waals surface area (Å²) in [5.41, 5.74) is 4.18. The van der Waals surface area contributed by atoms with Gasteiger partial charge in [0.25, 0.3) is 0 Å². The molecule has 0 saturated carbocycles. The summed E-state index contributed by atoms with van der Waals surface area (Å²) in [6.07, 6.45) is -0.565. The van der Waals surface area contributed by atoms with Gasteiger partial charge in [0, 0.05) is 32.4 Å². The molecule has 0 aromatic heterocycles. The van der Waals surface area contributed by atoms with E-state index < -0.39 is 11.7 Å². The average molecular weight is 490 g/mol. The first-order chi connectivity index (χ1) is 16.2. The molecule has 2 aromatic carbocycles. The molecule has 1 aliphatic rings. The van der Waals surface area contributed by atoms with E-state index in [1.54, 1.807) is 14.2 Å². The van der Waals surface area contributed by atoms with E-state index in [9.17, 15) is 9.59 Å². The average Bonchev–Trinajstić information content (AvgIpc) is 3.12. The third-order valence-electron chi connectivity index (χ3n) is 5.04. The van der Waals surface area contributed by atoms with Crippen molar-refractivity contribution in [1.29, 1.82) is 0 Å². The van der Waals surface area contributed by atoms with Crippen LogP contribution in [0.5, 0.6) is 0 Å². The van der Waals surface area contributed by atoms with Gasteiger partial charge < -0.3 is 24.3 Å². The lowest BCUT2D eigenvalue weighted by molar-refractivity contribution is -0.154. The first-order valence-corrected chi connectivity index (χ1v) is 11.8. The van der Waals surface area contributed by atoms with Crippen LogP contribution in [0.25, 0.3) is 11.1 Å². The van der Waals surface area contributed by atoms with Crippen LogP contribution in [0.3, 0.4) is 0 Å². The largest absolute Gasteiger partial charge is 0.460 e. The zero-order valence-electron chi connectivity index (χ0n) is 20.5. The lowest BCUT2D eigenvalue weighted by atomic mass is 9.98. The number of carbonyl (C=O) groups excluding carboxylic acids is 2. The summed E-state index contributed by atoms with van der Waals surface area (Å²) < 4.78 is 20.1. The molecule has 0 bridgehead atoms. The van der Waals surface area contributed by atoms with Crippen LogP contribution in [-0.2, 0) is 23.7 Å². The minimum atomic E-state index is -0.527. The van der Waals surface area contributed by atoms with Crippen molar-refractivity contribution in [3.8, 4) is 11.1 Å². The Labute approximate surface area is 207 Å². The third kappa shape index (κ3) is 8.34. The molecule has 0 atom stereocenters. The Bertz CT molecular complexity index is 888. The Morgan fingerprint density at radius 1 is 0.971 bits per heavy atom. The molecule has 1 amide bonds. The molecular weight excluding hydrogens is 454 g/mol. The predicted octanol–water partition coefficient (Wildman–Crippen LogP) is 4.79. The summed E-state index contributed by atoms with van der Waals surface area (Å²) in [7, 11) is 3.18. The zero-order chi connectivity index (χ0) is 25.1. The van der Waals surface area contributed by atoms with Crippen molar-refractivity contribution in [3.05, 3.63) is 59.7 Å². The first-order valence-electron chi connectivity index (χ1n) is 11.2. The maximum atomic E-state index is 12.0. The fourth-order valence-corrected chi connectivity index (χ4v) is 3.85. The fourth-order valence-electron chi connectivity index (χ4n) is 3.55. The van der Waals surface area contributed by atoms with Crippen molar-refractivity contribution in [2.75, 3.05) is 33.1 Å². The molecule has 0 aliphatic heterocycles. The molecule has 0 fully saturated rings. The number of alkyl carbamates (subject to hydrolysis) is 1. The molecule has 0 saturated heterocycles. The highest BCUT2D eigenvalue weighted by atomic mass is 32.1. The van der Waals surface area contributed by atoms with Gasteiger partial charge >= 0.3 is 12.1 Å². The van der Waals surface area contributed by atoms with Gasteiger partial charge in [0.05, 0.1) is 6.42 Å². The highest BCUT2D eigenvalue weighted by molar-refractivity contribution is 7.80. The number of amides is 1. The Morgan fingerprint density at radius 2 is 1.50 bits per heavy atom. The molecular formula is C26H35NO6S. The van der Waals surface area contributed by atoms with Gasteiger partial charge in [-0.2, -0.15) is 12.6 Å². The van der Waals surface area contributed by atoms with E-state index >= 15 is 0 Å². The Kier molecular flexibility index (Phi) is 10.9. The van der Waals surface area contributed by atoms with E-state index in [-0.39, 0.29) is 37.7 Å². The number of carbonyl (C=O) groups is 2. The van der Waals surface area contributed by atoms with Crippen LogP contribution in [0.1, 0.15) is 44.2 Å². The highest BCUT2D eigenvalue weighted by Gasteiger charge is 2.29. The van der Waals surface area contributed by atoms with E-state index in [1.807, 2.05) is 45.0 Å². The zero-order valence-corrected chi connectivity index (χ0v) is 21.4. The number of esters is 1. The number of fused-ring (bicyclic) bond motifs is 3. The smallest absolute Gasteiger partial charge is 0.407 e. The summed E-state index contributed by atoms with van der Waals surface area (Å²) in [6.45, 7) is 5.87. The van der Waals surface area contributed by atoms with Gasteiger partial charge in [0.2, 0.25) is 0 Å². The third-order valence-corrected chi connectivity index (χ3v) is 5.34. The first kappa shape index (κ1) is 27.7. The monoisotopic (exact) mass is 489 g/mol. The minimum absolute atomic E-state index is 0.0222. The van der Waals surface area contributed by atoms with Crippen molar-refractivity contribution in [3.63, 3.8) is 0 Å².